The number of aryl methyl sites for hydroxylation is 2. The molecule has 0 aliphatic rings. The summed E-state index contributed by atoms with van der Waals surface area (Å²) in [4.78, 5) is -0.00234. The van der Waals surface area contributed by atoms with E-state index in [1.165, 1.54) is 0 Å². The molecule has 2 rings (SSSR count). The van der Waals surface area contributed by atoms with E-state index in [1.807, 2.05) is 0 Å². The van der Waals surface area contributed by atoms with Crippen LogP contribution in [0.1, 0.15) is 17.1 Å². The third-order valence-corrected chi connectivity index (χ3v) is 4.90. The predicted molar refractivity (Wildman–Crippen MR) is 79.1 cm³/mol. The monoisotopic (exact) mass is 359 g/mol. The standard InChI is InChI=1S/C13H14BrNO4S/c1-8-12(7-16)13(9(2)19-8)20(17,18)15-11-5-3-4-10(14)6-11/h3-6,15-16H,7H2,1-2H3. The minimum atomic E-state index is -3.81. The highest BCUT2D eigenvalue weighted by Crippen LogP contribution is 2.28. The molecule has 0 amide bonds. The maximum Gasteiger partial charge on any atom is 0.265 e. The summed E-state index contributed by atoms with van der Waals surface area (Å²) in [5, 5.41) is 9.33. The third kappa shape index (κ3) is 2.89. The number of aliphatic hydroxyl groups is 1. The summed E-state index contributed by atoms with van der Waals surface area (Å²) >= 11 is 3.28. The molecule has 1 aromatic carbocycles. The van der Waals surface area contributed by atoms with E-state index in [-0.39, 0.29) is 16.2 Å². The van der Waals surface area contributed by atoms with Crippen molar-refractivity contribution >= 4 is 31.6 Å². The number of benzene rings is 1. The molecule has 0 radical (unpaired) electrons. The first-order valence-corrected chi connectivity index (χ1v) is 8.11. The number of halogens is 1. The molecule has 7 heteroatoms. The number of sulfonamides is 1. The fourth-order valence-electron chi connectivity index (χ4n) is 2.00. The van der Waals surface area contributed by atoms with Crippen LogP contribution in [0.15, 0.2) is 38.1 Å². The van der Waals surface area contributed by atoms with Crippen LogP contribution in [0.4, 0.5) is 5.69 Å². The SMILES string of the molecule is Cc1oc(C)c(S(=O)(=O)Nc2cccc(Br)c2)c1CO. The molecule has 2 aromatic rings. The molecular formula is C13H14BrNO4S. The smallest absolute Gasteiger partial charge is 0.265 e. The first-order valence-electron chi connectivity index (χ1n) is 5.83. The predicted octanol–water partition coefficient (Wildman–Crippen LogP) is 2.95. The van der Waals surface area contributed by atoms with Crippen molar-refractivity contribution in [2.24, 2.45) is 0 Å². The van der Waals surface area contributed by atoms with Gasteiger partial charge in [-0.3, -0.25) is 4.72 Å². The molecule has 20 heavy (non-hydrogen) atoms. The molecule has 2 N–H and O–H groups in total. The van der Waals surface area contributed by atoms with Gasteiger partial charge < -0.3 is 9.52 Å². The summed E-state index contributed by atoms with van der Waals surface area (Å²) in [6.07, 6.45) is 0. The number of anilines is 1. The number of nitrogens with one attached hydrogen (secondary N) is 1. The molecule has 5 nitrogen and oxygen atoms in total. The molecular weight excluding hydrogens is 346 g/mol. The van der Waals surface area contributed by atoms with Crippen molar-refractivity contribution in [3.05, 3.63) is 45.8 Å². The van der Waals surface area contributed by atoms with Gasteiger partial charge in [0.05, 0.1) is 6.61 Å². The maximum atomic E-state index is 12.4. The highest BCUT2D eigenvalue weighted by molar-refractivity contribution is 9.10. The largest absolute Gasteiger partial charge is 0.465 e. The van der Waals surface area contributed by atoms with Crippen LogP contribution in [0.2, 0.25) is 0 Å². The van der Waals surface area contributed by atoms with E-state index in [9.17, 15) is 13.5 Å². The van der Waals surface area contributed by atoms with E-state index in [4.69, 9.17) is 4.42 Å². The summed E-state index contributed by atoms with van der Waals surface area (Å²) in [5.74, 6) is 0.661. The van der Waals surface area contributed by atoms with Crippen LogP contribution in [0.5, 0.6) is 0 Å². The van der Waals surface area contributed by atoms with Crippen molar-refractivity contribution in [1.29, 1.82) is 0 Å². The van der Waals surface area contributed by atoms with Crippen molar-refractivity contribution in [3.8, 4) is 0 Å². The molecule has 0 aliphatic carbocycles. The van der Waals surface area contributed by atoms with Gasteiger partial charge in [-0.2, -0.15) is 0 Å². The minimum Gasteiger partial charge on any atom is -0.465 e. The van der Waals surface area contributed by atoms with E-state index in [0.717, 1.165) is 4.47 Å². The topological polar surface area (TPSA) is 79.5 Å². The van der Waals surface area contributed by atoms with E-state index in [1.54, 1.807) is 38.1 Å². The van der Waals surface area contributed by atoms with Gasteiger partial charge in [0, 0.05) is 15.7 Å². The molecule has 0 atom stereocenters. The number of furan rings is 1. The van der Waals surface area contributed by atoms with Gasteiger partial charge in [-0.1, -0.05) is 22.0 Å². The Morgan fingerprint density at radius 2 is 2.00 bits per heavy atom. The Labute approximate surface area is 125 Å². The molecule has 0 saturated heterocycles. The molecule has 0 unspecified atom stereocenters. The van der Waals surface area contributed by atoms with Crippen molar-refractivity contribution < 1.29 is 17.9 Å². The molecule has 1 heterocycles. The summed E-state index contributed by atoms with van der Waals surface area (Å²) in [5.41, 5.74) is 0.714. The number of aliphatic hydroxyl groups excluding tert-OH is 1. The van der Waals surface area contributed by atoms with Crippen LogP contribution < -0.4 is 4.72 Å². The van der Waals surface area contributed by atoms with Gasteiger partial charge in [-0.15, -0.1) is 0 Å². The van der Waals surface area contributed by atoms with Crippen LogP contribution in [0.3, 0.4) is 0 Å². The zero-order valence-electron chi connectivity index (χ0n) is 11.0. The van der Waals surface area contributed by atoms with Crippen LogP contribution in [-0.2, 0) is 16.6 Å². The van der Waals surface area contributed by atoms with Crippen LogP contribution >= 0.6 is 15.9 Å². The Morgan fingerprint density at radius 3 is 2.60 bits per heavy atom. The van der Waals surface area contributed by atoms with Crippen LogP contribution in [-0.4, -0.2) is 13.5 Å². The summed E-state index contributed by atoms with van der Waals surface area (Å²) in [7, 11) is -3.81. The van der Waals surface area contributed by atoms with E-state index in [0.29, 0.717) is 11.4 Å². The average molecular weight is 360 g/mol. The van der Waals surface area contributed by atoms with Crippen LogP contribution in [0.25, 0.3) is 0 Å². The Morgan fingerprint density at radius 1 is 1.30 bits per heavy atom. The van der Waals surface area contributed by atoms with Crippen molar-refractivity contribution in [3.63, 3.8) is 0 Å². The summed E-state index contributed by atoms with van der Waals surface area (Å²) in [6, 6.07) is 6.81. The second kappa shape index (κ2) is 5.59. The Bertz CT molecular complexity index is 737. The summed E-state index contributed by atoms with van der Waals surface area (Å²) in [6.45, 7) is 2.79. The highest BCUT2D eigenvalue weighted by atomic mass is 79.9. The van der Waals surface area contributed by atoms with Crippen molar-refractivity contribution in [2.75, 3.05) is 4.72 Å². The highest BCUT2D eigenvalue weighted by Gasteiger charge is 2.26. The molecule has 0 fully saturated rings. The first kappa shape index (κ1) is 15.1. The lowest BCUT2D eigenvalue weighted by molar-refractivity contribution is 0.276. The minimum absolute atomic E-state index is 0.00234. The van der Waals surface area contributed by atoms with Gasteiger partial charge in [-0.25, -0.2) is 8.42 Å². The Balaban J connectivity index is 2.46. The van der Waals surface area contributed by atoms with E-state index >= 15 is 0 Å². The lowest BCUT2D eigenvalue weighted by Crippen LogP contribution is -2.15. The lowest BCUT2D eigenvalue weighted by atomic mass is 10.2. The van der Waals surface area contributed by atoms with Gasteiger partial charge >= 0.3 is 0 Å². The zero-order valence-corrected chi connectivity index (χ0v) is 13.4. The molecule has 108 valence electrons. The number of hydrogen-bond donors (Lipinski definition) is 2. The molecule has 1 aromatic heterocycles. The van der Waals surface area contributed by atoms with Crippen molar-refractivity contribution in [1.82, 2.24) is 0 Å². The van der Waals surface area contributed by atoms with Gasteiger partial charge in [0.1, 0.15) is 16.4 Å². The van der Waals surface area contributed by atoms with Gasteiger partial charge in [-0.05, 0) is 32.0 Å². The lowest BCUT2D eigenvalue weighted by Gasteiger charge is -2.09. The molecule has 0 spiro atoms. The van der Waals surface area contributed by atoms with E-state index in [2.05, 4.69) is 20.7 Å². The van der Waals surface area contributed by atoms with Crippen LogP contribution in [0, 0.1) is 13.8 Å². The number of rotatable bonds is 4. The first-order chi connectivity index (χ1) is 9.35. The quantitative estimate of drug-likeness (QED) is 0.879. The Kier molecular flexibility index (Phi) is 4.22. The molecule has 0 saturated carbocycles. The second-order valence-electron chi connectivity index (χ2n) is 4.30. The fourth-order valence-corrected chi connectivity index (χ4v) is 3.89. The zero-order chi connectivity index (χ0) is 14.9. The fraction of sp³-hybridized carbons (Fsp3) is 0.231. The average Bonchev–Trinajstić information content (AvgIpc) is 2.63. The normalized spacial score (nSPS) is 11.6. The molecule has 0 aliphatic heterocycles. The maximum absolute atomic E-state index is 12.4. The van der Waals surface area contributed by atoms with Gasteiger partial charge in [0.2, 0.25) is 0 Å². The summed E-state index contributed by atoms with van der Waals surface area (Å²) < 4.78 is 33.4. The third-order valence-electron chi connectivity index (χ3n) is 2.83. The van der Waals surface area contributed by atoms with Gasteiger partial charge in [0.15, 0.2) is 0 Å². The Hall–Kier alpha value is -1.31. The van der Waals surface area contributed by atoms with Crippen molar-refractivity contribution in [2.45, 2.75) is 25.3 Å². The number of hydrogen-bond acceptors (Lipinski definition) is 4. The van der Waals surface area contributed by atoms with E-state index < -0.39 is 16.6 Å². The molecule has 0 bridgehead atoms. The van der Waals surface area contributed by atoms with Gasteiger partial charge in [0.25, 0.3) is 10.0 Å². The second-order valence-corrected chi connectivity index (χ2v) is 6.83.